The minimum Gasteiger partial charge on any atom is -0.262 e. The number of carbonyl (C=O) groups excluding carboxylic acids is 1. The zero-order valence-corrected chi connectivity index (χ0v) is 18.1. The molecule has 0 radical (unpaired) electrons. The largest absolute Gasteiger partial charge is 0.340 e. The van der Waals surface area contributed by atoms with Crippen molar-refractivity contribution < 1.29 is 13.2 Å². The lowest BCUT2D eigenvalue weighted by molar-refractivity contribution is 0.253. The molecule has 2 amide bonds. The Morgan fingerprint density at radius 2 is 1.27 bits per heavy atom. The summed E-state index contributed by atoms with van der Waals surface area (Å²) in [4.78, 5) is 14.4. The molecule has 0 bridgehead atoms. The number of nitrogens with one attached hydrogen (secondary N) is 1. The number of halogens is 1. The summed E-state index contributed by atoms with van der Waals surface area (Å²) in [7, 11) is -4.07. The van der Waals surface area contributed by atoms with Crippen LogP contribution in [0, 0.1) is 0 Å². The Hall–Kier alpha value is -3.09. The number of hydrogen-bond acceptors (Lipinski definition) is 3. The highest BCUT2D eigenvalue weighted by molar-refractivity contribution is 7.94. The van der Waals surface area contributed by atoms with E-state index in [-0.39, 0.29) is 4.91 Å². The monoisotopic (exact) mass is 440 g/mol. The average Bonchev–Trinajstić information content (AvgIpc) is 2.74. The van der Waals surface area contributed by atoms with Gasteiger partial charge >= 0.3 is 6.03 Å². The summed E-state index contributed by atoms with van der Waals surface area (Å²) in [5.74, 6) is 0. The normalized spacial score (nSPS) is 12.1. The Balaban J connectivity index is 1.94. The predicted molar refractivity (Wildman–Crippen MR) is 122 cm³/mol. The van der Waals surface area contributed by atoms with Crippen LogP contribution in [-0.2, 0) is 10.0 Å². The van der Waals surface area contributed by atoms with Crippen LogP contribution in [0.2, 0.25) is 5.02 Å². The van der Waals surface area contributed by atoms with Crippen LogP contribution in [0.5, 0.6) is 0 Å². The van der Waals surface area contributed by atoms with Crippen LogP contribution in [0.25, 0.3) is 5.57 Å². The molecule has 0 aromatic heterocycles. The van der Waals surface area contributed by atoms with Gasteiger partial charge in [-0.15, -0.1) is 0 Å². The third-order valence-electron chi connectivity index (χ3n) is 4.66. The molecule has 154 valence electrons. The molecule has 3 aromatic carbocycles. The number of urea groups is 1. The third-order valence-corrected chi connectivity index (χ3v) is 6.47. The van der Waals surface area contributed by atoms with Crippen molar-refractivity contribution in [3.05, 3.63) is 100 Å². The summed E-state index contributed by atoms with van der Waals surface area (Å²) in [6.45, 7) is 3.16. The van der Waals surface area contributed by atoms with Crippen molar-refractivity contribution >= 4 is 44.6 Å². The van der Waals surface area contributed by atoms with Crippen molar-refractivity contribution in [2.45, 2.75) is 13.8 Å². The highest BCUT2D eigenvalue weighted by Gasteiger charge is 2.25. The molecule has 0 aliphatic heterocycles. The van der Waals surface area contributed by atoms with Crippen molar-refractivity contribution in [2.75, 3.05) is 4.90 Å². The zero-order chi connectivity index (χ0) is 21.7. The summed E-state index contributed by atoms with van der Waals surface area (Å²) in [5.41, 5.74) is 2.33. The first kappa shape index (κ1) is 21.6. The average molecular weight is 441 g/mol. The molecule has 3 rings (SSSR count). The molecule has 30 heavy (non-hydrogen) atoms. The van der Waals surface area contributed by atoms with E-state index in [1.807, 2.05) is 12.1 Å². The first-order valence-corrected chi connectivity index (χ1v) is 11.1. The summed E-state index contributed by atoms with van der Waals surface area (Å²) in [6.07, 6.45) is 0. The smallest absolute Gasteiger partial charge is 0.262 e. The van der Waals surface area contributed by atoms with Gasteiger partial charge in [0.15, 0.2) is 0 Å². The van der Waals surface area contributed by atoms with Gasteiger partial charge in [0.1, 0.15) is 0 Å². The Kier molecular flexibility index (Phi) is 6.59. The lowest BCUT2D eigenvalue weighted by atomic mass is 10.1. The second kappa shape index (κ2) is 9.15. The number of anilines is 2. The maximum Gasteiger partial charge on any atom is 0.340 e. The van der Waals surface area contributed by atoms with E-state index in [2.05, 4.69) is 4.72 Å². The first-order chi connectivity index (χ1) is 14.3. The lowest BCUT2D eigenvalue weighted by Gasteiger charge is -2.23. The van der Waals surface area contributed by atoms with Crippen molar-refractivity contribution in [1.82, 2.24) is 4.72 Å². The maximum atomic E-state index is 13.1. The Labute approximate surface area is 181 Å². The molecule has 0 spiro atoms. The second-order valence-electron chi connectivity index (χ2n) is 6.61. The molecule has 0 aliphatic rings. The van der Waals surface area contributed by atoms with Gasteiger partial charge in [0.05, 0.1) is 16.3 Å². The van der Waals surface area contributed by atoms with E-state index in [1.54, 1.807) is 79.7 Å². The summed E-state index contributed by atoms with van der Waals surface area (Å²) in [6, 6.07) is 23.8. The van der Waals surface area contributed by atoms with Gasteiger partial charge in [0.2, 0.25) is 0 Å². The van der Waals surface area contributed by atoms with Crippen LogP contribution in [0.15, 0.2) is 89.8 Å². The number of hydrogen-bond donors (Lipinski definition) is 1. The number of rotatable bonds is 5. The maximum absolute atomic E-state index is 13.1. The fourth-order valence-electron chi connectivity index (χ4n) is 2.88. The van der Waals surface area contributed by atoms with Crippen molar-refractivity contribution in [2.24, 2.45) is 0 Å². The Morgan fingerprint density at radius 1 is 0.800 bits per heavy atom. The topological polar surface area (TPSA) is 66.5 Å². The highest BCUT2D eigenvalue weighted by atomic mass is 35.5. The molecule has 5 nitrogen and oxygen atoms in total. The fourth-order valence-corrected chi connectivity index (χ4v) is 4.00. The summed E-state index contributed by atoms with van der Waals surface area (Å²) in [5, 5.41) is 0.557. The van der Waals surface area contributed by atoms with Crippen LogP contribution in [0.1, 0.15) is 19.4 Å². The molecular weight excluding hydrogens is 420 g/mol. The van der Waals surface area contributed by atoms with E-state index in [4.69, 9.17) is 11.6 Å². The van der Waals surface area contributed by atoms with Gasteiger partial charge in [-0.3, -0.25) is 4.90 Å². The van der Waals surface area contributed by atoms with Crippen LogP contribution in [-0.4, -0.2) is 14.4 Å². The SMILES string of the molecule is C/C(=C(/C)S(=O)(=O)NC(=O)N(c1ccccc1)c1ccccc1)c1ccc(Cl)cc1. The summed E-state index contributed by atoms with van der Waals surface area (Å²) >= 11 is 5.91. The van der Waals surface area contributed by atoms with Crippen LogP contribution >= 0.6 is 11.6 Å². The van der Waals surface area contributed by atoms with Crippen LogP contribution in [0.3, 0.4) is 0 Å². The molecule has 0 unspecified atom stereocenters. The molecule has 0 fully saturated rings. The fraction of sp³-hybridized carbons (Fsp3) is 0.0870. The molecule has 1 N–H and O–H groups in total. The van der Waals surface area contributed by atoms with Crippen LogP contribution < -0.4 is 9.62 Å². The first-order valence-electron chi connectivity index (χ1n) is 9.20. The minimum atomic E-state index is -4.07. The number of carbonyl (C=O) groups is 1. The number of allylic oxidation sites excluding steroid dienone is 2. The molecule has 3 aromatic rings. The van der Waals surface area contributed by atoms with E-state index in [0.717, 1.165) is 0 Å². The van der Waals surface area contributed by atoms with Gasteiger partial charge in [-0.05, 0) is 61.4 Å². The molecule has 7 heteroatoms. The molecule has 0 atom stereocenters. The molecule has 0 heterocycles. The number of nitrogens with zero attached hydrogens (tertiary/aromatic N) is 1. The molecular formula is C23H21ClN2O3S. The van der Waals surface area contributed by atoms with Crippen LogP contribution in [0.4, 0.5) is 16.2 Å². The van der Waals surface area contributed by atoms with Gasteiger partial charge in [-0.1, -0.05) is 60.1 Å². The van der Waals surface area contributed by atoms with Gasteiger partial charge in [-0.25, -0.2) is 17.9 Å². The van der Waals surface area contributed by atoms with Gasteiger partial charge in [-0.2, -0.15) is 0 Å². The van der Waals surface area contributed by atoms with E-state index in [1.165, 1.54) is 11.8 Å². The predicted octanol–water partition coefficient (Wildman–Crippen LogP) is 5.97. The van der Waals surface area contributed by atoms with Crippen molar-refractivity contribution in [1.29, 1.82) is 0 Å². The number of amides is 2. The lowest BCUT2D eigenvalue weighted by Crippen LogP contribution is -2.40. The van der Waals surface area contributed by atoms with Gasteiger partial charge in [0, 0.05) is 5.02 Å². The minimum absolute atomic E-state index is 0.0549. The van der Waals surface area contributed by atoms with Gasteiger partial charge in [0.25, 0.3) is 10.0 Å². The second-order valence-corrected chi connectivity index (χ2v) is 8.87. The Bertz CT molecular complexity index is 1120. The quantitative estimate of drug-likeness (QED) is 0.531. The van der Waals surface area contributed by atoms with E-state index in [9.17, 15) is 13.2 Å². The molecule has 0 aliphatic carbocycles. The van der Waals surface area contributed by atoms with E-state index in [0.29, 0.717) is 27.5 Å². The third kappa shape index (κ3) is 4.90. The standard InChI is InChI=1S/C23H21ClN2O3S/c1-17(19-13-15-20(24)16-14-19)18(2)30(28,29)25-23(27)26(21-9-5-3-6-10-21)22-11-7-4-8-12-22/h3-16H,1-2H3,(H,25,27)/b18-17+. The number of para-hydroxylation sites is 2. The van der Waals surface area contributed by atoms with Gasteiger partial charge < -0.3 is 0 Å². The molecule has 0 saturated carbocycles. The van der Waals surface area contributed by atoms with Crippen molar-refractivity contribution in [3.8, 4) is 0 Å². The molecule has 0 saturated heterocycles. The summed E-state index contributed by atoms with van der Waals surface area (Å²) < 4.78 is 28.1. The number of benzene rings is 3. The Morgan fingerprint density at radius 3 is 1.73 bits per heavy atom. The van der Waals surface area contributed by atoms with E-state index < -0.39 is 16.1 Å². The number of sulfonamides is 1. The van der Waals surface area contributed by atoms with E-state index >= 15 is 0 Å². The zero-order valence-electron chi connectivity index (χ0n) is 16.5. The van der Waals surface area contributed by atoms with Crippen molar-refractivity contribution in [3.63, 3.8) is 0 Å². The highest BCUT2D eigenvalue weighted by Crippen LogP contribution is 2.27.